The van der Waals surface area contributed by atoms with Crippen LogP contribution in [0.15, 0.2) is 24.4 Å². The lowest BCUT2D eigenvalue weighted by Gasteiger charge is -2.32. The van der Waals surface area contributed by atoms with Gasteiger partial charge in [-0.05, 0) is 32.0 Å². The van der Waals surface area contributed by atoms with E-state index in [-0.39, 0.29) is 5.91 Å². The number of fused-ring (bicyclic) bond motifs is 1. The molecule has 4 heterocycles. The van der Waals surface area contributed by atoms with Gasteiger partial charge in [0.25, 0.3) is 5.91 Å². The predicted molar refractivity (Wildman–Crippen MR) is 104 cm³/mol. The molecule has 1 amide bonds. The normalized spacial score (nSPS) is 18.2. The van der Waals surface area contributed by atoms with Gasteiger partial charge in [0, 0.05) is 57.3 Å². The predicted octanol–water partition coefficient (Wildman–Crippen LogP) is 1.92. The maximum Gasteiger partial charge on any atom is 0.272 e. The van der Waals surface area contributed by atoms with Crippen LogP contribution in [0, 0.1) is 0 Å². The van der Waals surface area contributed by atoms with Crippen molar-refractivity contribution < 1.29 is 4.79 Å². The summed E-state index contributed by atoms with van der Waals surface area (Å²) in [5.74, 6) is 2.19. The maximum absolute atomic E-state index is 12.6. The molecule has 2 aromatic heterocycles. The van der Waals surface area contributed by atoms with E-state index in [0.29, 0.717) is 11.6 Å². The van der Waals surface area contributed by atoms with Crippen LogP contribution in [-0.2, 0) is 13.0 Å². The molecule has 0 radical (unpaired) electrons. The number of carbonyl (C=O) groups excluding carboxylic acids is 1. The summed E-state index contributed by atoms with van der Waals surface area (Å²) in [6, 6.07) is 5.45. The Morgan fingerprint density at radius 1 is 1.19 bits per heavy atom. The second-order valence-corrected chi connectivity index (χ2v) is 7.37. The summed E-state index contributed by atoms with van der Waals surface area (Å²) in [5, 5.41) is 3.25. The maximum atomic E-state index is 12.6. The first-order valence-corrected chi connectivity index (χ1v) is 9.62. The molecule has 142 valence electrons. The van der Waals surface area contributed by atoms with Crippen molar-refractivity contribution in [2.24, 2.45) is 0 Å². The minimum absolute atomic E-state index is 0.0133. The summed E-state index contributed by atoms with van der Waals surface area (Å²) in [6.07, 6.45) is 4.41. The Hall–Kier alpha value is -2.54. The smallest absolute Gasteiger partial charge is 0.272 e. The molecule has 1 fully saturated rings. The summed E-state index contributed by atoms with van der Waals surface area (Å²) >= 11 is 0. The first-order chi connectivity index (χ1) is 13.2. The molecule has 2 aliphatic rings. The van der Waals surface area contributed by atoms with E-state index >= 15 is 0 Å². The third-order valence-corrected chi connectivity index (χ3v) is 5.54. The molecule has 0 aromatic carbocycles. The number of aromatic nitrogens is 3. The number of nitrogens with one attached hydrogen (secondary N) is 1. The van der Waals surface area contributed by atoms with E-state index < -0.39 is 0 Å². The Bertz CT molecular complexity index is 799. The van der Waals surface area contributed by atoms with Gasteiger partial charge in [-0.2, -0.15) is 0 Å². The van der Waals surface area contributed by atoms with Gasteiger partial charge in [0.1, 0.15) is 17.3 Å². The fourth-order valence-corrected chi connectivity index (χ4v) is 3.95. The van der Waals surface area contributed by atoms with Crippen LogP contribution in [0.5, 0.6) is 0 Å². The molecule has 27 heavy (non-hydrogen) atoms. The highest BCUT2D eigenvalue weighted by molar-refractivity contribution is 5.92. The highest BCUT2D eigenvalue weighted by Crippen LogP contribution is 2.30. The van der Waals surface area contributed by atoms with Crippen LogP contribution < -0.4 is 5.32 Å². The Labute approximate surface area is 159 Å². The second kappa shape index (κ2) is 7.60. The van der Waals surface area contributed by atoms with Crippen LogP contribution in [0.3, 0.4) is 0 Å². The van der Waals surface area contributed by atoms with Gasteiger partial charge in [0.15, 0.2) is 0 Å². The summed E-state index contributed by atoms with van der Waals surface area (Å²) in [6.45, 7) is 3.36. The minimum Gasteiger partial charge on any atom is -0.373 e. The molecule has 0 aliphatic carbocycles. The number of hydrogen-bond acceptors (Lipinski definition) is 6. The number of amides is 1. The lowest BCUT2D eigenvalue weighted by atomic mass is 9.95. The highest BCUT2D eigenvalue weighted by Gasteiger charge is 2.28. The topological polar surface area (TPSA) is 74.2 Å². The van der Waals surface area contributed by atoms with E-state index in [1.807, 2.05) is 24.1 Å². The molecular formula is C20H26N6O. The summed E-state index contributed by atoms with van der Waals surface area (Å²) in [7, 11) is 4.06. The molecule has 0 bridgehead atoms. The quantitative estimate of drug-likeness (QED) is 0.895. The molecule has 7 heteroatoms. The van der Waals surface area contributed by atoms with E-state index in [1.54, 1.807) is 12.3 Å². The lowest BCUT2D eigenvalue weighted by Crippen LogP contribution is -2.38. The van der Waals surface area contributed by atoms with E-state index in [1.165, 1.54) is 11.3 Å². The average molecular weight is 366 g/mol. The molecule has 7 nitrogen and oxygen atoms in total. The zero-order valence-electron chi connectivity index (χ0n) is 16.0. The van der Waals surface area contributed by atoms with Gasteiger partial charge in [-0.15, -0.1) is 0 Å². The minimum atomic E-state index is 0.0133. The first kappa shape index (κ1) is 17.9. The van der Waals surface area contributed by atoms with Gasteiger partial charge >= 0.3 is 0 Å². The molecule has 2 aliphatic heterocycles. The number of likely N-dealkylation sites (tertiary alicyclic amines) is 1. The van der Waals surface area contributed by atoms with E-state index in [2.05, 4.69) is 22.2 Å². The van der Waals surface area contributed by atoms with Crippen molar-refractivity contribution in [3.05, 3.63) is 47.2 Å². The molecule has 0 saturated carbocycles. The summed E-state index contributed by atoms with van der Waals surface area (Å²) in [4.78, 5) is 30.7. The fraction of sp³-hybridized carbons (Fsp3) is 0.500. The van der Waals surface area contributed by atoms with Gasteiger partial charge in [0.05, 0.1) is 5.69 Å². The number of likely N-dealkylation sites (N-methyl/N-ethyl adjacent to an activating group) is 1. The second-order valence-electron chi connectivity index (χ2n) is 7.37. The van der Waals surface area contributed by atoms with Crippen LogP contribution in [-0.4, -0.2) is 64.4 Å². The van der Waals surface area contributed by atoms with Crippen LogP contribution in [0.25, 0.3) is 0 Å². The monoisotopic (exact) mass is 366 g/mol. The largest absolute Gasteiger partial charge is 0.373 e. The third kappa shape index (κ3) is 3.64. The highest BCUT2D eigenvalue weighted by atomic mass is 16.2. The first-order valence-electron chi connectivity index (χ1n) is 9.62. The fourth-order valence-electron chi connectivity index (χ4n) is 3.95. The number of rotatable bonds is 3. The van der Waals surface area contributed by atoms with Crippen molar-refractivity contribution in [1.29, 1.82) is 0 Å². The van der Waals surface area contributed by atoms with Crippen LogP contribution in [0.2, 0.25) is 0 Å². The van der Waals surface area contributed by atoms with E-state index in [0.717, 1.165) is 57.1 Å². The van der Waals surface area contributed by atoms with Gasteiger partial charge in [0.2, 0.25) is 0 Å². The van der Waals surface area contributed by atoms with Gasteiger partial charge in [-0.25, -0.2) is 9.97 Å². The van der Waals surface area contributed by atoms with E-state index in [9.17, 15) is 4.79 Å². The molecule has 0 atom stereocenters. The SMILES string of the molecule is CNc1nc(C2CCN(C(=O)c3ccccn3)CC2)nc2c1CN(C)CC2. The summed E-state index contributed by atoms with van der Waals surface area (Å²) < 4.78 is 0. The van der Waals surface area contributed by atoms with Crippen molar-refractivity contribution >= 4 is 11.7 Å². The number of pyridine rings is 1. The Kier molecular flexibility index (Phi) is 5.03. The van der Waals surface area contributed by atoms with Crippen molar-refractivity contribution in [2.45, 2.75) is 31.7 Å². The Morgan fingerprint density at radius 3 is 2.70 bits per heavy atom. The summed E-state index contributed by atoms with van der Waals surface area (Å²) in [5.41, 5.74) is 2.91. The molecule has 0 spiro atoms. The van der Waals surface area contributed by atoms with Gasteiger partial charge < -0.3 is 15.1 Å². The molecule has 1 N–H and O–H groups in total. The standard InChI is InChI=1S/C20H26N6O/c1-21-19-15-13-25(2)10-8-16(15)23-18(24-19)14-6-11-26(12-7-14)20(27)17-5-3-4-9-22-17/h3-5,9,14H,6-8,10-13H2,1-2H3,(H,21,23,24). The molecule has 4 rings (SSSR count). The van der Waals surface area contributed by atoms with Crippen molar-refractivity contribution in [3.8, 4) is 0 Å². The Morgan fingerprint density at radius 2 is 2.00 bits per heavy atom. The average Bonchev–Trinajstić information content (AvgIpc) is 2.73. The van der Waals surface area contributed by atoms with Crippen molar-refractivity contribution in [1.82, 2.24) is 24.8 Å². The van der Waals surface area contributed by atoms with Gasteiger partial charge in [-0.3, -0.25) is 9.78 Å². The van der Waals surface area contributed by atoms with Crippen LogP contribution >= 0.6 is 0 Å². The number of piperidine rings is 1. The van der Waals surface area contributed by atoms with Crippen molar-refractivity contribution in [2.75, 3.05) is 39.0 Å². The zero-order valence-corrected chi connectivity index (χ0v) is 16.0. The number of carbonyl (C=O) groups is 1. The van der Waals surface area contributed by atoms with Gasteiger partial charge in [-0.1, -0.05) is 6.07 Å². The van der Waals surface area contributed by atoms with E-state index in [4.69, 9.17) is 9.97 Å². The third-order valence-electron chi connectivity index (χ3n) is 5.54. The molecule has 2 aromatic rings. The molecular weight excluding hydrogens is 340 g/mol. The molecule has 0 unspecified atom stereocenters. The van der Waals surface area contributed by atoms with Crippen molar-refractivity contribution in [3.63, 3.8) is 0 Å². The Balaban J connectivity index is 1.48. The number of anilines is 1. The molecule has 1 saturated heterocycles. The zero-order chi connectivity index (χ0) is 18.8. The number of hydrogen-bond donors (Lipinski definition) is 1. The van der Waals surface area contributed by atoms with Crippen LogP contribution in [0.4, 0.5) is 5.82 Å². The van der Waals surface area contributed by atoms with Crippen LogP contribution in [0.1, 0.15) is 46.3 Å². The number of nitrogens with zero attached hydrogens (tertiary/aromatic N) is 5. The lowest BCUT2D eigenvalue weighted by molar-refractivity contribution is 0.0705.